The lowest BCUT2D eigenvalue weighted by atomic mass is 10.1. The molecule has 0 saturated carbocycles. The van der Waals surface area contributed by atoms with E-state index in [1.54, 1.807) is 0 Å². The van der Waals surface area contributed by atoms with Gasteiger partial charge in [0.2, 0.25) is 0 Å². The van der Waals surface area contributed by atoms with E-state index < -0.39 is 0 Å². The minimum atomic E-state index is -0.149. The molecule has 0 amide bonds. The first-order chi connectivity index (χ1) is 6.22. The third kappa shape index (κ3) is 1.42. The zero-order valence-electron chi connectivity index (χ0n) is 6.98. The smallest absolute Gasteiger partial charge is 0.128 e. The number of nitrogens with two attached hydrogens (primary N) is 1. The van der Waals surface area contributed by atoms with Gasteiger partial charge >= 0.3 is 0 Å². The second-order valence-electron chi connectivity index (χ2n) is 3.05. The predicted molar refractivity (Wildman–Crippen MR) is 54.8 cm³/mol. The highest BCUT2D eigenvalue weighted by Crippen LogP contribution is 2.31. The summed E-state index contributed by atoms with van der Waals surface area (Å²) in [6.07, 6.45) is 2.65. The number of benzene rings is 1. The van der Waals surface area contributed by atoms with Gasteiger partial charge in [0, 0.05) is 11.0 Å². The van der Waals surface area contributed by atoms with E-state index in [1.165, 1.54) is 6.07 Å². The highest BCUT2D eigenvalue weighted by atomic mass is 79.9. The molecular formula is C10H9BrFN. The highest BCUT2D eigenvalue weighted by molar-refractivity contribution is 9.10. The van der Waals surface area contributed by atoms with Gasteiger partial charge in [0.05, 0.1) is 0 Å². The van der Waals surface area contributed by atoms with Gasteiger partial charge in [0.25, 0.3) is 0 Å². The summed E-state index contributed by atoms with van der Waals surface area (Å²) in [5, 5.41) is 0. The van der Waals surface area contributed by atoms with Crippen LogP contribution < -0.4 is 5.73 Å². The molecule has 3 heteroatoms. The van der Waals surface area contributed by atoms with Crippen LogP contribution in [0.1, 0.15) is 11.1 Å². The van der Waals surface area contributed by atoms with Crippen LogP contribution in [-0.4, -0.2) is 6.54 Å². The predicted octanol–water partition coefficient (Wildman–Crippen LogP) is 2.49. The molecule has 1 aromatic carbocycles. The molecule has 0 unspecified atom stereocenters. The van der Waals surface area contributed by atoms with E-state index in [-0.39, 0.29) is 5.82 Å². The average molecular weight is 242 g/mol. The number of rotatable bonds is 1. The third-order valence-corrected chi connectivity index (χ3v) is 2.74. The van der Waals surface area contributed by atoms with Crippen LogP contribution in [0.15, 0.2) is 22.7 Å². The maximum absolute atomic E-state index is 13.4. The van der Waals surface area contributed by atoms with Gasteiger partial charge in [-0.25, -0.2) is 4.39 Å². The molecule has 1 aliphatic carbocycles. The average Bonchev–Trinajstić information content (AvgIpc) is 2.47. The van der Waals surface area contributed by atoms with Crippen molar-refractivity contribution in [2.45, 2.75) is 6.42 Å². The van der Waals surface area contributed by atoms with Gasteiger partial charge in [-0.05, 0) is 35.3 Å². The zero-order chi connectivity index (χ0) is 9.42. The minimum Gasteiger partial charge on any atom is -0.326 e. The normalized spacial score (nSPS) is 14.2. The molecule has 2 N–H and O–H groups in total. The Balaban J connectivity index is 2.58. The molecule has 68 valence electrons. The fourth-order valence-corrected chi connectivity index (χ4v) is 2.06. The Morgan fingerprint density at radius 1 is 1.46 bits per heavy atom. The maximum Gasteiger partial charge on any atom is 0.128 e. The summed E-state index contributed by atoms with van der Waals surface area (Å²) in [5.74, 6) is -0.149. The summed E-state index contributed by atoms with van der Waals surface area (Å²) >= 11 is 3.26. The van der Waals surface area contributed by atoms with Gasteiger partial charge < -0.3 is 5.73 Å². The van der Waals surface area contributed by atoms with E-state index >= 15 is 0 Å². The molecule has 1 aromatic rings. The number of hydrogen-bond acceptors (Lipinski definition) is 1. The molecule has 13 heavy (non-hydrogen) atoms. The minimum absolute atomic E-state index is 0.149. The second kappa shape index (κ2) is 3.24. The topological polar surface area (TPSA) is 26.0 Å². The van der Waals surface area contributed by atoms with E-state index in [0.717, 1.165) is 21.2 Å². The number of allylic oxidation sites excluding steroid dienone is 1. The lowest BCUT2D eigenvalue weighted by Crippen LogP contribution is -2.01. The van der Waals surface area contributed by atoms with Crippen molar-refractivity contribution in [3.8, 4) is 0 Å². The van der Waals surface area contributed by atoms with Crippen molar-refractivity contribution < 1.29 is 4.39 Å². The Hall–Kier alpha value is -0.670. The van der Waals surface area contributed by atoms with E-state index in [1.807, 2.05) is 12.1 Å². The Morgan fingerprint density at radius 3 is 2.92 bits per heavy atom. The maximum atomic E-state index is 13.4. The molecule has 0 fully saturated rings. The van der Waals surface area contributed by atoms with Crippen molar-refractivity contribution in [1.82, 2.24) is 0 Å². The number of fused-ring (bicyclic) bond motifs is 1. The first kappa shape index (κ1) is 8.91. The molecule has 2 rings (SSSR count). The molecular weight excluding hydrogens is 233 g/mol. The molecule has 0 spiro atoms. The summed E-state index contributed by atoms with van der Waals surface area (Å²) in [4.78, 5) is 0. The summed E-state index contributed by atoms with van der Waals surface area (Å²) in [6.45, 7) is 0.475. The molecule has 0 atom stereocenters. The zero-order valence-corrected chi connectivity index (χ0v) is 8.57. The quantitative estimate of drug-likeness (QED) is 0.804. The van der Waals surface area contributed by atoms with Gasteiger partial charge in [-0.2, -0.15) is 0 Å². The van der Waals surface area contributed by atoms with Gasteiger partial charge in [-0.3, -0.25) is 0 Å². The van der Waals surface area contributed by atoms with E-state index in [2.05, 4.69) is 15.9 Å². The Bertz CT molecular complexity index is 385. The lowest BCUT2D eigenvalue weighted by Gasteiger charge is -2.05. The molecule has 1 nitrogen and oxygen atoms in total. The van der Waals surface area contributed by atoms with Gasteiger partial charge in [-0.1, -0.05) is 22.0 Å². The monoisotopic (exact) mass is 241 g/mol. The van der Waals surface area contributed by atoms with E-state index in [4.69, 9.17) is 5.73 Å². The van der Waals surface area contributed by atoms with E-state index in [9.17, 15) is 4.39 Å². The van der Waals surface area contributed by atoms with Crippen LogP contribution in [-0.2, 0) is 6.42 Å². The summed E-state index contributed by atoms with van der Waals surface area (Å²) in [5.41, 5.74) is 8.30. The van der Waals surface area contributed by atoms with Gasteiger partial charge in [-0.15, -0.1) is 0 Å². The second-order valence-corrected chi connectivity index (χ2v) is 3.97. The van der Waals surface area contributed by atoms with Crippen LogP contribution in [0.3, 0.4) is 0 Å². The molecule has 1 aliphatic rings. The van der Waals surface area contributed by atoms with Crippen molar-refractivity contribution in [3.05, 3.63) is 39.6 Å². The first-order valence-electron chi connectivity index (χ1n) is 4.09. The fraction of sp³-hybridized carbons (Fsp3) is 0.200. The Morgan fingerprint density at radius 2 is 2.23 bits per heavy atom. The molecule has 0 aliphatic heterocycles. The Labute approximate surface area is 84.6 Å². The van der Waals surface area contributed by atoms with Crippen molar-refractivity contribution >= 4 is 21.5 Å². The van der Waals surface area contributed by atoms with Crippen LogP contribution >= 0.6 is 15.9 Å². The molecule has 0 heterocycles. The lowest BCUT2D eigenvalue weighted by molar-refractivity contribution is 0.614. The SMILES string of the molecule is NCC1=CCc2c(F)cc(Br)cc21. The van der Waals surface area contributed by atoms with Crippen molar-refractivity contribution in [2.75, 3.05) is 6.54 Å². The van der Waals surface area contributed by atoms with Crippen LogP contribution in [0, 0.1) is 5.82 Å². The van der Waals surface area contributed by atoms with Gasteiger partial charge in [0.1, 0.15) is 5.82 Å². The third-order valence-electron chi connectivity index (χ3n) is 2.28. The van der Waals surface area contributed by atoms with Crippen LogP contribution in [0.4, 0.5) is 4.39 Å². The van der Waals surface area contributed by atoms with Crippen LogP contribution in [0.2, 0.25) is 0 Å². The highest BCUT2D eigenvalue weighted by Gasteiger charge is 2.17. The molecule has 0 radical (unpaired) electrons. The first-order valence-corrected chi connectivity index (χ1v) is 4.89. The van der Waals surface area contributed by atoms with Crippen LogP contribution in [0.25, 0.3) is 5.57 Å². The van der Waals surface area contributed by atoms with E-state index in [0.29, 0.717) is 13.0 Å². The number of halogens is 2. The standard InChI is InChI=1S/C10H9BrFN/c11-7-3-9-6(5-13)1-2-8(9)10(12)4-7/h1,3-4H,2,5,13H2. The van der Waals surface area contributed by atoms with Crippen molar-refractivity contribution in [1.29, 1.82) is 0 Å². The summed E-state index contributed by atoms with van der Waals surface area (Å²) < 4.78 is 14.1. The largest absolute Gasteiger partial charge is 0.326 e. The van der Waals surface area contributed by atoms with Crippen molar-refractivity contribution in [2.24, 2.45) is 5.73 Å². The Kier molecular flexibility index (Phi) is 2.22. The van der Waals surface area contributed by atoms with Crippen molar-refractivity contribution in [3.63, 3.8) is 0 Å². The summed E-state index contributed by atoms with van der Waals surface area (Å²) in [6, 6.07) is 3.41. The molecule has 0 bridgehead atoms. The van der Waals surface area contributed by atoms with Crippen LogP contribution in [0.5, 0.6) is 0 Å². The number of hydrogen-bond donors (Lipinski definition) is 1. The van der Waals surface area contributed by atoms with Gasteiger partial charge in [0.15, 0.2) is 0 Å². The fourth-order valence-electron chi connectivity index (χ4n) is 1.63. The summed E-state index contributed by atoms with van der Waals surface area (Å²) in [7, 11) is 0. The molecule has 0 aromatic heterocycles. The molecule has 0 saturated heterocycles.